The van der Waals surface area contributed by atoms with Gasteiger partial charge in [0.05, 0.1) is 11.9 Å². The number of fused-ring (bicyclic) bond motifs is 2. The van der Waals surface area contributed by atoms with E-state index in [0.29, 0.717) is 42.9 Å². The van der Waals surface area contributed by atoms with Crippen molar-refractivity contribution >= 4 is 23.3 Å². The van der Waals surface area contributed by atoms with Crippen LogP contribution in [0.3, 0.4) is 0 Å². The SMILES string of the molecule is Nc1ncc(-c2ccc(N3CCN(C(=O)CCCCCCCCC(=O)NCC4CC5C=CC4C5)CC3)cc2)nc1OCc1ccncc1. The first-order valence-electron chi connectivity index (χ1n) is 17.7. The summed E-state index contributed by atoms with van der Waals surface area (Å²) in [6.07, 6.45) is 19.9. The van der Waals surface area contributed by atoms with Gasteiger partial charge in [-0.3, -0.25) is 14.6 Å². The summed E-state index contributed by atoms with van der Waals surface area (Å²) in [6, 6.07) is 12.0. The summed E-state index contributed by atoms with van der Waals surface area (Å²) in [7, 11) is 0. The molecule has 48 heavy (non-hydrogen) atoms. The molecule has 2 aromatic heterocycles. The zero-order chi connectivity index (χ0) is 33.1. The molecule has 2 aliphatic carbocycles. The number of unbranched alkanes of at least 4 members (excludes halogenated alkanes) is 5. The number of carbonyl (C=O) groups is 2. The van der Waals surface area contributed by atoms with Crippen molar-refractivity contribution in [1.82, 2.24) is 25.2 Å². The fraction of sp³-hybridized carbons (Fsp3) is 0.500. The van der Waals surface area contributed by atoms with E-state index in [1.54, 1.807) is 18.6 Å². The lowest BCUT2D eigenvalue weighted by Gasteiger charge is -2.36. The van der Waals surface area contributed by atoms with E-state index >= 15 is 0 Å². The van der Waals surface area contributed by atoms with Gasteiger partial charge >= 0.3 is 0 Å². The highest BCUT2D eigenvalue weighted by Crippen LogP contribution is 2.43. The molecule has 3 aromatic rings. The van der Waals surface area contributed by atoms with Gasteiger partial charge in [-0.25, -0.2) is 9.97 Å². The molecule has 1 saturated heterocycles. The van der Waals surface area contributed by atoms with Crippen molar-refractivity contribution in [2.24, 2.45) is 17.8 Å². The van der Waals surface area contributed by atoms with Crippen LogP contribution in [0.25, 0.3) is 11.3 Å². The number of rotatable bonds is 16. The molecule has 3 atom stereocenters. The number of nitrogens with zero attached hydrogens (tertiary/aromatic N) is 5. The molecular formula is C38H49N7O3. The lowest BCUT2D eigenvalue weighted by molar-refractivity contribution is -0.131. The highest BCUT2D eigenvalue weighted by atomic mass is 16.5. The first-order chi connectivity index (χ1) is 23.5. The summed E-state index contributed by atoms with van der Waals surface area (Å²) >= 11 is 0. The minimum atomic E-state index is 0.204. The van der Waals surface area contributed by atoms with Gasteiger partial charge in [-0.05, 0) is 73.3 Å². The molecule has 10 nitrogen and oxygen atoms in total. The topological polar surface area (TPSA) is 127 Å². The van der Waals surface area contributed by atoms with Crippen LogP contribution in [0, 0.1) is 17.8 Å². The third-order valence-electron chi connectivity index (χ3n) is 10.1. The van der Waals surface area contributed by atoms with Gasteiger partial charge < -0.3 is 25.6 Å². The first kappa shape index (κ1) is 33.4. The highest BCUT2D eigenvalue weighted by molar-refractivity contribution is 5.76. The van der Waals surface area contributed by atoms with Crippen LogP contribution < -0.4 is 20.7 Å². The van der Waals surface area contributed by atoms with Crippen molar-refractivity contribution in [3.63, 3.8) is 0 Å². The van der Waals surface area contributed by atoms with Crippen molar-refractivity contribution in [2.75, 3.05) is 43.4 Å². The van der Waals surface area contributed by atoms with Crippen LogP contribution in [0.5, 0.6) is 5.88 Å². The Labute approximate surface area is 284 Å². The van der Waals surface area contributed by atoms with E-state index in [9.17, 15) is 9.59 Å². The zero-order valence-electron chi connectivity index (χ0n) is 27.9. The summed E-state index contributed by atoms with van der Waals surface area (Å²) in [5.74, 6) is 3.12. The normalized spacial score (nSPS) is 19.9. The molecule has 2 bridgehead atoms. The average Bonchev–Trinajstić information content (AvgIpc) is 3.76. The molecule has 254 valence electrons. The molecule has 3 unspecified atom stereocenters. The Hall–Kier alpha value is -4.47. The second-order valence-corrected chi connectivity index (χ2v) is 13.5. The van der Waals surface area contributed by atoms with Gasteiger partial charge in [-0.1, -0.05) is 50.0 Å². The minimum absolute atomic E-state index is 0.204. The average molecular weight is 652 g/mol. The molecule has 1 aliphatic heterocycles. The molecule has 3 N–H and O–H groups in total. The third kappa shape index (κ3) is 9.11. The molecule has 10 heteroatoms. The molecule has 1 aromatic carbocycles. The van der Waals surface area contributed by atoms with E-state index in [1.165, 1.54) is 12.8 Å². The summed E-state index contributed by atoms with van der Waals surface area (Å²) < 4.78 is 5.84. The lowest BCUT2D eigenvalue weighted by Crippen LogP contribution is -2.48. The van der Waals surface area contributed by atoms with Gasteiger partial charge in [0.15, 0.2) is 5.82 Å². The Bertz CT molecular complexity index is 1520. The van der Waals surface area contributed by atoms with E-state index in [1.807, 2.05) is 29.2 Å². The van der Waals surface area contributed by atoms with Crippen molar-refractivity contribution in [1.29, 1.82) is 0 Å². The molecule has 2 fully saturated rings. The van der Waals surface area contributed by atoms with Crippen LogP contribution in [0.2, 0.25) is 0 Å². The largest absolute Gasteiger partial charge is 0.470 e. The number of pyridine rings is 1. The van der Waals surface area contributed by atoms with Gasteiger partial charge in [-0.2, -0.15) is 0 Å². The lowest BCUT2D eigenvalue weighted by atomic mass is 9.93. The predicted molar refractivity (Wildman–Crippen MR) is 188 cm³/mol. The van der Waals surface area contributed by atoms with Crippen molar-refractivity contribution in [2.45, 2.75) is 70.8 Å². The molecular weight excluding hydrogens is 602 g/mol. The number of benzene rings is 1. The van der Waals surface area contributed by atoms with Crippen molar-refractivity contribution < 1.29 is 14.3 Å². The number of hydrogen-bond donors (Lipinski definition) is 2. The molecule has 6 rings (SSSR count). The van der Waals surface area contributed by atoms with E-state index in [0.717, 1.165) is 94.0 Å². The maximum absolute atomic E-state index is 12.9. The monoisotopic (exact) mass is 651 g/mol. The van der Waals surface area contributed by atoms with Crippen LogP contribution in [0.15, 0.2) is 67.1 Å². The summed E-state index contributed by atoms with van der Waals surface area (Å²) in [5.41, 5.74) is 9.74. The van der Waals surface area contributed by atoms with Gasteiger partial charge in [0.1, 0.15) is 6.61 Å². The fourth-order valence-electron chi connectivity index (χ4n) is 7.20. The predicted octanol–water partition coefficient (Wildman–Crippen LogP) is 5.80. The number of hydrogen-bond acceptors (Lipinski definition) is 8. The maximum Gasteiger partial charge on any atom is 0.258 e. The van der Waals surface area contributed by atoms with E-state index < -0.39 is 0 Å². The van der Waals surface area contributed by atoms with Crippen molar-refractivity contribution in [3.8, 4) is 17.1 Å². The molecule has 0 radical (unpaired) electrons. The number of nitrogens with two attached hydrogens (primary N) is 1. The number of nitrogens with one attached hydrogen (secondary N) is 1. The Balaban J connectivity index is 0.831. The fourth-order valence-corrected chi connectivity index (χ4v) is 7.20. The Morgan fingerprint density at radius 1 is 0.875 bits per heavy atom. The number of ether oxygens (including phenoxy) is 1. The van der Waals surface area contributed by atoms with Gasteiger partial charge in [0.2, 0.25) is 11.8 Å². The zero-order valence-corrected chi connectivity index (χ0v) is 27.9. The number of piperazine rings is 1. The molecule has 1 saturated carbocycles. The number of carbonyl (C=O) groups excluding carboxylic acids is 2. The summed E-state index contributed by atoms with van der Waals surface area (Å²) in [4.78, 5) is 42.3. The summed E-state index contributed by atoms with van der Waals surface area (Å²) in [6.45, 7) is 4.28. The number of aromatic nitrogens is 3. The Morgan fingerprint density at radius 3 is 2.31 bits per heavy atom. The van der Waals surface area contributed by atoms with Crippen molar-refractivity contribution in [3.05, 3.63) is 72.7 Å². The maximum atomic E-state index is 12.9. The number of amides is 2. The molecule has 0 spiro atoms. The molecule has 2 amide bonds. The van der Waals surface area contributed by atoms with Crippen LogP contribution in [0.1, 0.15) is 69.8 Å². The van der Waals surface area contributed by atoms with E-state index in [4.69, 9.17) is 10.5 Å². The van der Waals surface area contributed by atoms with Crippen LogP contribution in [-0.2, 0) is 16.2 Å². The number of anilines is 2. The van der Waals surface area contributed by atoms with Crippen LogP contribution >= 0.6 is 0 Å². The van der Waals surface area contributed by atoms with Gasteiger partial charge in [0.25, 0.3) is 5.88 Å². The number of allylic oxidation sites excluding steroid dienone is 2. The van der Waals surface area contributed by atoms with Gasteiger partial charge in [0, 0.05) is 69.2 Å². The number of nitrogen functional groups attached to an aromatic ring is 1. The van der Waals surface area contributed by atoms with E-state index in [2.05, 4.69) is 49.5 Å². The molecule has 3 heterocycles. The van der Waals surface area contributed by atoms with Crippen LogP contribution in [0.4, 0.5) is 11.5 Å². The quantitative estimate of drug-likeness (QED) is 0.147. The van der Waals surface area contributed by atoms with Crippen LogP contribution in [-0.4, -0.2) is 64.4 Å². The standard InChI is InChI=1S/C38H49N7O3/c39-37-38(48-27-28-15-17-40-18-16-28)43-34(26-42-37)30-11-13-33(14-12-30)44-19-21-45(22-20-44)36(47)8-6-4-2-1-3-5-7-35(46)41-25-32-24-29-9-10-31(32)23-29/h9-18,26,29,31-32H,1-8,19-25,27H2,(H2,39,42)(H,41,46). The van der Waals surface area contributed by atoms with Gasteiger partial charge in [-0.15, -0.1) is 0 Å². The minimum Gasteiger partial charge on any atom is -0.470 e. The third-order valence-corrected chi connectivity index (χ3v) is 10.1. The highest BCUT2D eigenvalue weighted by Gasteiger charge is 2.35. The Morgan fingerprint density at radius 2 is 1.60 bits per heavy atom. The second-order valence-electron chi connectivity index (χ2n) is 13.5. The smallest absolute Gasteiger partial charge is 0.258 e. The van der Waals surface area contributed by atoms with E-state index in [-0.39, 0.29) is 17.6 Å². The summed E-state index contributed by atoms with van der Waals surface area (Å²) in [5, 5.41) is 3.16. The second kappa shape index (κ2) is 16.6. The molecule has 3 aliphatic rings. The Kier molecular flexibility index (Phi) is 11.5. The first-order valence-corrected chi connectivity index (χ1v) is 17.7.